The molecule has 7 rings (SSSR count). The third-order valence-corrected chi connectivity index (χ3v) is 10.0. The fraction of sp³-hybridized carbons (Fsp3) is 0.273. The van der Waals surface area contributed by atoms with Crippen LogP contribution < -0.4 is 10.2 Å². The van der Waals surface area contributed by atoms with E-state index >= 15 is 4.79 Å². The molecule has 1 saturated carbocycles. The van der Waals surface area contributed by atoms with Crippen LogP contribution in [0.3, 0.4) is 0 Å². The Morgan fingerprint density at radius 1 is 0.956 bits per heavy atom. The van der Waals surface area contributed by atoms with Crippen LogP contribution in [0.25, 0.3) is 0 Å². The van der Waals surface area contributed by atoms with Crippen LogP contribution in [0.1, 0.15) is 29.9 Å². The number of hydrogen-bond donors (Lipinski definition) is 3. The molecule has 3 aromatic carbocycles. The van der Waals surface area contributed by atoms with Gasteiger partial charge in [0.2, 0.25) is 0 Å². The lowest BCUT2D eigenvalue weighted by Crippen LogP contribution is -2.53. The number of hydroxylamine groups is 2. The van der Waals surface area contributed by atoms with Crippen molar-refractivity contribution in [3.63, 3.8) is 0 Å². The lowest BCUT2D eigenvalue weighted by molar-refractivity contribution is -0.173. The number of ether oxygens (including phenoxy) is 1. The van der Waals surface area contributed by atoms with Crippen molar-refractivity contribution in [3.05, 3.63) is 100 Å². The molecule has 10 nitrogen and oxygen atoms in total. The first kappa shape index (κ1) is 29.0. The van der Waals surface area contributed by atoms with Gasteiger partial charge in [0, 0.05) is 16.5 Å². The van der Waals surface area contributed by atoms with Gasteiger partial charge in [-0.15, -0.1) is 0 Å². The fourth-order valence-electron chi connectivity index (χ4n) is 7.95. The van der Waals surface area contributed by atoms with Crippen molar-refractivity contribution < 1.29 is 38.6 Å². The monoisotopic (exact) mass is 631 g/mol. The van der Waals surface area contributed by atoms with Crippen LogP contribution in [-0.2, 0) is 24.6 Å². The van der Waals surface area contributed by atoms with Crippen LogP contribution in [0.4, 0.5) is 10.1 Å². The first-order chi connectivity index (χ1) is 21.6. The minimum absolute atomic E-state index is 0.0128. The molecule has 6 unspecified atom stereocenters. The second-order valence-electron chi connectivity index (χ2n) is 11.8. The minimum atomic E-state index is -1.68. The molecule has 6 atom stereocenters. The van der Waals surface area contributed by atoms with Crippen molar-refractivity contribution in [2.45, 2.75) is 24.2 Å². The van der Waals surface area contributed by atoms with Crippen LogP contribution in [0, 0.1) is 29.5 Å². The van der Waals surface area contributed by atoms with Crippen molar-refractivity contribution in [3.8, 4) is 11.5 Å². The maximum absolute atomic E-state index is 15.0. The van der Waals surface area contributed by atoms with E-state index in [-0.39, 0.29) is 40.7 Å². The predicted molar refractivity (Wildman–Crippen MR) is 157 cm³/mol. The lowest BCUT2D eigenvalue weighted by atomic mass is 9.49. The summed E-state index contributed by atoms with van der Waals surface area (Å²) in [6.07, 6.45) is 1.88. The molecule has 2 heterocycles. The number of fused-ring (bicyclic) bond motifs is 4. The van der Waals surface area contributed by atoms with E-state index in [1.807, 2.05) is 0 Å². The molecule has 4 aliphatic rings. The number of methoxy groups -OCH3 is 1. The Balaban J connectivity index is 1.51. The number of carbonyl (C=O) groups is 4. The number of imide groups is 2. The maximum atomic E-state index is 15.0. The molecule has 3 fully saturated rings. The van der Waals surface area contributed by atoms with Crippen molar-refractivity contribution in [2.75, 3.05) is 12.5 Å². The smallest absolute Gasteiger partial charge is 0.260 e. The number of hydrogen-bond acceptors (Lipinski definition) is 8. The summed E-state index contributed by atoms with van der Waals surface area (Å²) in [5.41, 5.74) is 2.70. The predicted octanol–water partition coefficient (Wildman–Crippen LogP) is 4.57. The van der Waals surface area contributed by atoms with Gasteiger partial charge >= 0.3 is 0 Å². The van der Waals surface area contributed by atoms with Crippen LogP contribution in [0.5, 0.6) is 11.5 Å². The highest BCUT2D eigenvalue weighted by atomic mass is 35.5. The van der Waals surface area contributed by atoms with Gasteiger partial charge in [0.25, 0.3) is 23.6 Å². The summed E-state index contributed by atoms with van der Waals surface area (Å²) in [7, 11) is 1.42. The molecule has 2 aliphatic carbocycles. The number of benzene rings is 3. The van der Waals surface area contributed by atoms with Gasteiger partial charge < -0.3 is 9.84 Å². The molecule has 0 bridgehead atoms. The summed E-state index contributed by atoms with van der Waals surface area (Å²) in [6, 6.07) is 16.4. The maximum Gasteiger partial charge on any atom is 0.260 e. The Bertz CT molecular complexity index is 1800. The zero-order valence-corrected chi connectivity index (χ0v) is 24.6. The Labute approximate surface area is 261 Å². The van der Waals surface area contributed by atoms with E-state index in [0.717, 1.165) is 5.01 Å². The van der Waals surface area contributed by atoms with Gasteiger partial charge in [0.15, 0.2) is 0 Å². The van der Waals surface area contributed by atoms with E-state index < -0.39 is 64.5 Å². The SMILES string of the molecule is COc1cccc(O)c1C1C2=CCC3C(=O)N(O)C(=O)C3C2CC2C(=O)N(Nc3ccc(F)cc3)C(=O)C21c1ccc(Cl)cc1. The molecule has 4 amide bonds. The number of nitrogens with one attached hydrogen (secondary N) is 1. The number of nitrogens with zero attached hydrogens (tertiary/aromatic N) is 2. The van der Waals surface area contributed by atoms with Gasteiger partial charge in [-0.3, -0.25) is 29.8 Å². The van der Waals surface area contributed by atoms with Crippen molar-refractivity contribution in [1.82, 2.24) is 10.1 Å². The van der Waals surface area contributed by atoms with E-state index in [1.165, 1.54) is 37.4 Å². The number of hydrazine groups is 1. The molecule has 2 saturated heterocycles. The van der Waals surface area contributed by atoms with Gasteiger partial charge in [0.1, 0.15) is 17.3 Å². The van der Waals surface area contributed by atoms with Gasteiger partial charge in [-0.05, 0) is 72.9 Å². The van der Waals surface area contributed by atoms with Gasteiger partial charge in [-0.2, -0.15) is 10.1 Å². The second kappa shape index (κ2) is 10.4. The summed E-state index contributed by atoms with van der Waals surface area (Å²) in [6.45, 7) is 0. The molecule has 12 heteroatoms. The minimum Gasteiger partial charge on any atom is -0.508 e. The summed E-state index contributed by atoms with van der Waals surface area (Å²) < 4.78 is 19.4. The zero-order chi connectivity index (χ0) is 31.8. The van der Waals surface area contributed by atoms with Crippen molar-refractivity contribution in [2.24, 2.45) is 23.7 Å². The van der Waals surface area contributed by atoms with Gasteiger partial charge in [-0.25, -0.2) is 4.39 Å². The highest BCUT2D eigenvalue weighted by molar-refractivity contribution is 6.30. The van der Waals surface area contributed by atoms with Gasteiger partial charge in [0.05, 0.1) is 36.0 Å². The second-order valence-corrected chi connectivity index (χ2v) is 12.2. The molecule has 0 aromatic heterocycles. The van der Waals surface area contributed by atoms with E-state index in [2.05, 4.69) is 5.43 Å². The third kappa shape index (κ3) is 4.03. The van der Waals surface area contributed by atoms with Crippen LogP contribution in [-0.4, -0.2) is 51.1 Å². The van der Waals surface area contributed by atoms with Crippen LogP contribution >= 0.6 is 11.6 Å². The van der Waals surface area contributed by atoms with E-state index in [9.17, 15) is 29.1 Å². The normalized spacial score (nSPS) is 28.9. The van der Waals surface area contributed by atoms with Crippen LogP contribution in [0.15, 0.2) is 78.4 Å². The number of anilines is 1. The van der Waals surface area contributed by atoms with Gasteiger partial charge in [-0.1, -0.05) is 41.4 Å². The molecule has 2 aliphatic heterocycles. The number of phenols is 1. The molecule has 0 spiro atoms. The number of phenolic OH excluding ortho intramolecular Hbond substituents is 1. The summed E-state index contributed by atoms with van der Waals surface area (Å²) in [5, 5.41) is 23.2. The van der Waals surface area contributed by atoms with Crippen molar-refractivity contribution >= 4 is 40.9 Å². The lowest BCUT2D eigenvalue weighted by Gasteiger charge is -2.50. The number of halogens is 2. The topological polar surface area (TPSA) is 136 Å². The Hall–Kier alpha value is -4.74. The quantitative estimate of drug-likeness (QED) is 0.212. The highest BCUT2D eigenvalue weighted by Gasteiger charge is 2.71. The molecule has 230 valence electrons. The molecule has 0 radical (unpaired) electrons. The molecular formula is C33H27ClFN3O7. The van der Waals surface area contributed by atoms with E-state index in [0.29, 0.717) is 16.2 Å². The molecule has 3 N–H and O–H groups in total. The number of amides is 4. The van der Waals surface area contributed by atoms with Crippen LogP contribution in [0.2, 0.25) is 5.02 Å². The Morgan fingerprint density at radius 2 is 1.67 bits per heavy atom. The summed E-state index contributed by atoms with van der Waals surface area (Å²) in [5.74, 6) is -7.92. The number of rotatable bonds is 5. The number of allylic oxidation sites excluding steroid dienone is 2. The molecule has 45 heavy (non-hydrogen) atoms. The Kier molecular flexibility index (Phi) is 6.72. The largest absolute Gasteiger partial charge is 0.508 e. The molecular weight excluding hydrogens is 605 g/mol. The average molecular weight is 632 g/mol. The number of carbonyl (C=O) groups excluding carboxylic acids is 4. The van der Waals surface area contributed by atoms with Crippen molar-refractivity contribution in [1.29, 1.82) is 0 Å². The summed E-state index contributed by atoms with van der Waals surface area (Å²) >= 11 is 6.27. The Morgan fingerprint density at radius 3 is 2.36 bits per heavy atom. The van der Waals surface area contributed by atoms with E-state index in [4.69, 9.17) is 16.3 Å². The molecule has 3 aromatic rings. The zero-order valence-electron chi connectivity index (χ0n) is 23.8. The van der Waals surface area contributed by atoms with E-state index in [1.54, 1.807) is 42.5 Å². The number of aromatic hydroxyl groups is 1. The first-order valence-corrected chi connectivity index (χ1v) is 14.8. The summed E-state index contributed by atoms with van der Waals surface area (Å²) in [4.78, 5) is 55.7. The average Bonchev–Trinajstić information content (AvgIpc) is 3.39. The first-order valence-electron chi connectivity index (χ1n) is 14.4. The standard InChI is InChI=1S/C33H27ClFN3O7/c1-45-25-4-2-3-24(39)27(25)28-20-13-14-21-26(31(42)38(44)29(21)40)22(20)15-23-30(41)37(36-19-11-9-18(35)10-12-19)32(43)33(23,28)16-5-7-17(34)8-6-16/h2-13,21-23,26,28,36,39,44H,14-15H2,1H3. The fourth-order valence-corrected chi connectivity index (χ4v) is 8.08. The third-order valence-electron chi connectivity index (χ3n) is 9.78. The highest BCUT2D eigenvalue weighted by Crippen LogP contribution is 2.65.